The molecule has 0 heterocycles. The fourth-order valence-electron chi connectivity index (χ4n) is 1.99. The van der Waals surface area contributed by atoms with Gasteiger partial charge in [-0.1, -0.05) is 45.4 Å². The van der Waals surface area contributed by atoms with Gasteiger partial charge in [0.2, 0.25) is 0 Å². The molecule has 0 radical (unpaired) electrons. The Hall–Kier alpha value is -0.120. The maximum atomic E-state index is 10.1. The minimum absolute atomic E-state index is 0.525. The molecule has 0 saturated heterocycles. The highest BCUT2D eigenvalue weighted by molar-refractivity contribution is 4.76. The smallest absolute Gasteiger partial charge is 0.185 e. The maximum Gasteiger partial charge on any atom is 0.185 e. The number of hydrogen-bond donors (Lipinski definition) is 1. The average molecular weight is 232 g/mol. The second-order valence-corrected chi connectivity index (χ2v) is 4.68. The van der Waals surface area contributed by atoms with Crippen molar-refractivity contribution in [3.8, 4) is 0 Å². The number of ether oxygens (including phenoxy) is 2. The Bertz CT molecular complexity index is 153. The van der Waals surface area contributed by atoms with Gasteiger partial charge in [-0.2, -0.15) is 0 Å². The van der Waals surface area contributed by atoms with Gasteiger partial charge in [-0.15, -0.1) is 0 Å². The monoisotopic (exact) mass is 232 g/mol. The zero-order chi connectivity index (χ0) is 12.4. The summed E-state index contributed by atoms with van der Waals surface area (Å²) in [6.45, 7) is 3.99. The second kappa shape index (κ2) is 8.97. The van der Waals surface area contributed by atoms with Crippen LogP contribution in [-0.4, -0.2) is 31.2 Å². The van der Waals surface area contributed by atoms with Crippen LogP contribution >= 0.6 is 0 Å². The van der Waals surface area contributed by atoms with Crippen LogP contribution in [0.15, 0.2) is 0 Å². The molecule has 16 heavy (non-hydrogen) atoms. The summed E-state index contributed by atoms with van der Waals surface area (Å²) in [6.07, 6.45) is 7.55. The molecule has 0 bridgehead atoms. The average Bonchev–Trinajstić information content (AvgIpc) is 2.24. The lowest BCUT2D eigenvalue weighted by Crippen LogP contribution is -2.41. The van der Waals surface area contributed by atoms with Gasteiger partial charge in [-0.05, 0) is 13.3 Å². The van der Waals surface area contributed by atoms with E-state index in [1.54, 1.807) is 21.1 Å². The van der Waals surface area contributed by atoms with E-state index in [4.69, 9.17) is 9.47 Å². The van der Waals surface area contributed by atoms with Crippen molar-refractivity contribution in [2.24, 2.45) is 0 Å². The van der Waals surface area contributed by atoms with E-state index in [-0.39, 0.29) is 0 Å². The highest BCUT2D eigenvalue weighted by Crippen LogP contribution is 2.21. The van der Waals surface area contributed by atoms with E-state index in [0.717, 1.165) is 12.8 Å². The first-order valence-corrected chi connectivity index (χ1v) is 6.36. The van der Waals surface area contributed by atoms with Crippen LogP contribution in [0, 0.1) is 0 Å². The van der Waals surface area contributed by atoms with Crippen LogP contribution in [-0.2, 0) is 9.47 Å². The van der Waals surface area contributed by atoms with Crippen LogP contribution in [0.5, 0.6) is 0 Å². The predicted octanol–water partition coefficient (Wildman–Crippen LogP) is 3.11. The lowest BCUT2D eigenvalue weighted by atomic mass is 9.97. The van der Waals surface area contributed by atoms with Crippen LogP contribution in [0.3, 0.4) is 0 Å². The first-order valence-electron chi connectivity index (χ1n) is 6.36. The van der Waals surface area contributed by atoms with Gasteiger partial charge in [0.05, 0.1) is 0 Å². The first kappa shape index (κ1) is 15.9. The summed E-state index contributed by atoms with van der Waals surface area (Å²) in [5.74, 6) is 0. The molecule has 0 saturated carbocycles. The Kier molecular flexibility index (Phi) is 8.90. The number of methoxy groups -OCH3 is 2. The fourth-order valence-corrected chi connectivity index (χ4v) is 1.99. The molecule has 0 aliphatic heterocycles. The number of unbranched alkanes of at least 4 members (excludes halogenated alkanes) is 5. The fraction of sp³-hybridized carbons (Fsp3) is 1.00. The van der Waals surface area contributed by atoms with Gasteiger partial charge in [0.25, 0.3) is 0 Å². The standard InChI is InChI=1S/C13H28O3/c1-5-6-7-8-9-10-11-13(2,14)12(15-3)16-4/h12,14H,5-11H2,1-4H3. The van der Waals surface area contributed by atoms with Gasteiger partial charge in [-0.3, -0.25) is 0 Å². The third-order valence-corrected chi connectivity index (χ3v) is 2.97. The van der Waals surface area contributed by atoms with Crippen LogP contribution in [0.25, 0.3) is 0 Å². The Balaban J connectivity index is 3.64. The van der Waals surface area contributed by atoms with Crippen LogP contribution in [0.4, 0.5) is 0 Å². The Morgan fingerprint density at radius 1 is 1.00 bits per heavy atom. The van der Waals surface area contributed by atoms with E-state index in [1.165, 1.54) is 32.1 Å². The zero-order valence-corrected chi connectivity index (χ0v) is 11.3. The molecule has 98 valence electrons. The maximum absolute atomic E-state index is 10.1. The van der Waals surface area contributed by atoms with Crippen molar-refractivity contribution in [3.63, 3.8) is 0 Å². The predicted molar refractivity (Wildman–Crippen MR) is 66.4 cm³/mol. The number of hydrogen-bond acceptors (Lipinski definition) is 3. The lowest BCUT2D eigenvalue weighted by molar-refractivity contribution is -0.210. The lowest BCUT2D eigenvalue weighted by Gasteiger charge is -2.30. The summed E-state index contributed by atoms with van der Waals surface area (Å²) in [5.41, 5.74) is -0.881. The molecule has 0 aliphatic rings. The Morgan fingerprint density at radius 3 is 2.00 bits per heavy atom. The third kappa shape index (κ3) is 6.46. The van der Waals surface area contributed by atoms with E-state index in [9.17, 15) is 5.11 Å². The molecule has 0 aromatic rings. The summed E-state index contributed by atoms with van der Waals surface area (Å²) < 4.78 is 10.2. The minimum atomic E-state index is -0.881. The topological polar surface area (TPSA) is 38.7 Å². The normalized spacial score (nSPS) is 15.4. The van der Waals surface area contributed by atoms with Crippen molar-refractivity contribution >= 4 is 0 Å². The molecule has 0 fully saturated rings. The van der Waals surface area contributed by atoms with Crippen molar-refractivity contribution in [1.82, 2.24) is 0 Å². The van der Waals surface area contributed by atoms with Crippen molar-refractivity contribution in [2.75, 3.05) is 14.2 Å². The first-order chi connectivity index (χ1) is 7.58. The molecule has 0 rings (SSSR count). The van der Waals surface area contributed by atoms with Crippen molar-refractivity contribution < 1.29 is 14.6 Å². The Labute approximate surface area is 100 Å². The third-order valence-electron chi connectivity index (χ3n) is 2.97. The molecule has 0 aromatic carbocycles. The molecule has 1 N–H and O–H groups in total. The molecule has 1 atom stereocenters. The molecule has 3 nitrogen and oxygen atoms in total. The van der Waals surface area contributed by atoms with E-state index >= 15 is 0 Å². The van der Waals surface area contributed by atoms with Crippen molar-refractivity contribution in [3.05, 3.63) is 0 Å². The number of rotatable bonds is 10. The van der Waals surface area contributed by atoms with Gasteiger partial charge in [0, 0.05) is 14.2 Å². The molecular weight excluding hydrogens is 204 g/mol. The van der Waals surface area contributed by atoms with Crippen LogP contribution in [0.1, 0.15) is 58.8 Å². The molecule has 0 aliphatic carbocycles. The molecule has 0 spiro atoms. The van der Waals surface area contributed by atoms with Gasteiger partial charge < -0.3 is 14.6 Å². The second-order valence-electron chi connectivity index (χ2n) is 4.68. The minimum Gasteiger partial charge on any atom is -0.385 e. The van der Waals surface area contributed by atoms with Crippen LogP contribution < -0.4 is 0 Å². The Morgan fingerprint density at radius 2 is 1.50 bits per heavy atom. The molecular formula is C13H28O3. The molecule has 0 amide bonds. The summed E-state index contributed by atoms with van der Waals surface area (Å²) >= 11 is 0. The number of aliphatic hydroxyl groups is 1. The van der Waals surface area contributed by atoms with Gasteiger partial charge in [0.1, 0.15) is 5.60 Å². The summed E-state index contributed by atoms with van der Waals surface area (Å²) in [7, 11) is 3.12. The van der Waals surface area contributed by atoms with Gasteiger partial charge in [-0.25, -0.2) is 0 Å². The van der Waals surface area contributed by atoms with E-state index in [0.29, 0.717) is 0 Å². The van der Waals surface area contributed by atoms with Gasteiger partial charge in [0.15, 0.2) is 6.29 Å². The molecule has 0 aromatic heterocycles. The molecule has 1 unspecified atom stereocenters. The summed E-state index contributed by atoms with van der Waals surface area (Å²) in [5, 5.41) is 10.1. The SMILES string of the molecule is CCCCCCCCC(C)(O)C(OC)OC. The van der Waals surface area contributed by atoms with Crippen LogP contribution in [0.2, 0.25) is 0 Å². The van der Waals surface area contributed by atoms with E-state index in [1.807, 2.05) is 0 Å². The highest BCUT2D eigenvalue weighted by atomic mass is 16.7. The largest absolute Gasteiger partial charge is 0.385 e. The van der Waals surface area contributed by atoms with E-state index < -0.39 is 11.9 Å². The summed E-state index contributed by atoms with van der Waals surface area (Å²) in [6, 6.07) is 0. The van der Waals surface area contributed by atoms with Crippen molar-refractivity contribution in [2.45, 2.75) is 70.7 Å². The quantitative estimate of drug-likeness (QED) is 0.464. The van der Waals surface area contributed by atoms with Gasteiger partial charge >= 0.3 is 0 Å². The van der Waals surface area contributed by atoms with Crippen molar-refractivity contribution in [1.29, 1.82) is 0 Å². The van der Waals surface area contributed by atoms with E-state index in [2.05, 4.69) is 6.92 Å². The molecule has 3 heteroatoms. The summed E-state index contributed by atoms with van der Waals surface area (Å²) in [4.78, 5) is 0. The zero-order valence-electron chi connectivity index (χ0n) is 11.3. The highest BCUT2D eigenvalue weighted by Gasteiger charge is 2.31.